The van der Waals surface area contributed by atoms with E-state index in [0.29, 0.717) is 19.3 Å². The van der Waals surface area contributed by atoms with Gasteiger partial charge in [-0.2, -0.15) is 0 Å². The van der Waals surface area contributed by atoms with Gasteiger partial charge in [0.05, 0.1) is 0 Å². The number of hydrogen-bond acceptors (Lipinski definition) is 6. The fourth-order valence-electron chi connectivity index (χ4n) is 9.49. The summed E-state index contributed by atoms with van der Waals surface area (Å²) >= 11 is 0. The highest BCUT2D eigenvalue weighted by atomic mass is 16.6. The number of unbranched alkanes of at least 4 members (excludes halogenated alkanes) is 29. The third kappa shape index (κ3) is 68.2. The lowest BCUT2D eigenvalue weighted by Crippen LogP contribution is -2.30. The van der Waals surface area contributed by atoms with Crippen molar-refractivity contribution in [3.63, 3.8) is 0 Å². The van der Waals surface area contributed by atoms with Gasteiger partial charge in [0, 0.05) is 19.3 Å². The quantitative estimate of drug-likeness (QED) is 0.0261. The summed E-state index contributed by atoms with van der Waals surface area (Å²) in [5.41, 5.74) is 0. The Kier molecular flexibility index (Phi) is 66.3. The van der Waals surface area contributed by atoms with Crippen molar-refractivity contribution in [2.45, 2.75) is 322 Å². The zero-order valence-corrected chi connectivity index (χ0v) is 54.2. The normalized spacial score (nSPS) is 13.0. The summed E-state index contributed by atoms with van der Waals surface area (Å²) in [7, 11) is 0. The topological polar surface area (TPSA) is 78.9 Å². The molecule has 83 heavy (non-hydrogen) atoms. The van der Waals surface area contributed by atoms with E-state index in [9.17, 15) is 14.4 Å². The van der Waals surface area contributed by atoms with Crippen LogP contribution in [0.15, 0.2) is 134 Å². The van der Waals surface area contributed by atoms with Gasteiger partial charge >= 0.3 is 17.9 Å². The Morgan fingerprint density at radius 3 is 0.771 bits per heavy atom. The molecule has 0 aliphatic heterocycles. The average molecular weight is 1150 g/mol. The van der Waals surface area contributed by atoms with E-state index in [0.717, 1.165) is 135 Å². The minimum absolute atomic E-state index is 0.102. The van der Waals surface area contributed by atoms with E-state index in [-0.39, 0.29) is 31.1 Å². The van der Waals surface area contributed by atoms with Crippen molar-refractivity contribution in [2.75, 3.05) is 13.2 Å². The van der Waals surface area contributed by atoms with Crippen LogP contribution in [0.1, 0.15) is 316 Å². The van der Waals surface area contributed by atoms with Crippen molar-refractivity contribution in [1.29, 1.82) is 0 Å². The number of carbonyl (C=O) groups is 3. The largest absolute Gasteiger partial charge is 0.462 e. The first-order valence-corrected chi connectivity index (χ1v) is 34.7. The van der Waals surface area contributed by atoms with Gasteiger partial charge in [-0.05, 0) is 135 Å². The molecule has 0 N–H and O–H groups in total. The zero-order chi connectivity index (χ0) is 59.9. The Morgan fingerprint density at radius 2 is 0.470 bits per heavy atom. The summed E-state index contributed by atoms with van der Waals surface area (Å²) in [5.74, 6) is -0.951. The van der Waals surface area contributed by atoms with Gasteiger partial charge in [-0.15, -0.1) is 0 Å². The summed E-state index contributed by atoms with van der Waals surface area (Å²) < 4.78 is 16.9. The second-order valence-corrected chi connectivity index (χ2v) is 22.7. The van der Waals surface area contributed by atoms with Crippen LogP contribution in [-0.4, -0.2) is 37.2 Å². The molecular weight excluding hydrogens is 1020 g/mol. The molecule has 0 heterocycles. The second-order valence-electron chi connectivity index (χ2n) is 22.7. The van der Waals surface area contributed by atoms with E-state index in [4.69, 9.17) is 14.2 Å². The maximum Gasteiger partial charge on any atom is 0.306 e. The van der Waals surface area contributed by atoms with Gasteiger partial charge in [-0.1, -0.05) is 296 Å². The SMILES string of the molecule is CC/C=C\C/C=C\C/C=C\C/C=C\C/C=C\C/C=C\CCCCCCCCC(=O)OCC(COC(=O)CCCC/C=C\C/C=C\C/C=C\C/C=C\CC)OC(=O)CCCCCCCCCCCCCCC/C=C\CCCCCCCCCC. The molecule has 1 unspecified atom stereocenters. The third-order valence-corrected chi connectivity index (χ3v) is 14.6. The predicted molar refractivity (Wildman–Crippen MR) is 362 cm³/mol. The molecule has 0 bridgehead atoms. The van der Waals surface area contributed by atoms with Crippen LogP contribution in [0.5, 0.6) is 0 Å². The molecule has 0 aromatic rings. The highest BCUT2D eigenvalue weighted by molar-refractivity contribution is 5.71. The summed E-state index contributed by atoms with van der Waals surface area (Å²) in [6.45, 7) is 6.39. The van der Waals surface area contributed by atoms with Crippen molar-refractivity contribution in [2.24, 2.45) is 0 Å². The molecule has 1 atom stereocenters. The van der Waals surface area contributed by atoms with Crippen molar-refractivity contribution in [3.05, 3.63) is 134 Å². The average Bonchev–Trinajstić information content (AvgIpc) is 3.49. The lowest BCUT2D eigenvalue weighted by Gasteiger charge is -2.18. The van der Waals surface area contributed by atoms with Crippen molar-refractivity contribution in [1.82, 2.24) is 0 Å². The van der Waals surface area contributed by atoms with Gasteiger partial charge in [0.15, 0.2) is 6.10 Å². The van der Waals surface area contributed by atoms with Gasteiger partial charge in [-0.25, -0.2) is 0 Å². The van der Waals surface area contributed by atoms with E-state index in [1.165, 1.54) is 141 Å². The fraction of sp³-hybridized carbons (Fsp3) is 0.675. The molecule has 0 aliphatic rings. The molecule has 0 aromatic carbocycles. The molecule has 6 heteroatoms. The molecule has 0 saturated heterocycles. The first kappa shape index (κ1) is 78.5. The van der Waals surface area contributed by atoms with E-state index in [2.05, 4.69) is 154 Å². The molecular formula is C77H128O6. The Balaban J connectivity index is 4.40. The summed E-state index contributed by atoms with van der Waals surface area (Å²) in [5, 5.41) is 0. The second kappa shape index (κ2) is 70.0. The first-order valence-electron chi connectivity index (χ1n) is 34.7. The van der Waals surface area contributed by atoms with Crippen LogP contribution in [0.4, 0.5) is 0 Å². The van der Waals surface area contributed by atoms with Crippen LogP contribution >= 0.6 is 0 Å². The Bertz CT molecular complexity index is 1750. The molecule has 472 valence electrons. The number of carbonyl (C=O) groups excluding carboxylic acids is 3. The predicted octanol–water partition coefficient (Wildman–Crippen LogP) is 24.1. The van der Waals surface area contributed by atoms with Gasteiger partial charge in [0.25, 0.3) is 0 Å². The minimum Gasteiger partial charge on any atom is -0.462 e. The smallest absolute Gasteiger partial charge is 0.306 e. The van der Waals surface area contributed by atoms with Crippen LogP contribution < -0.4 is 0 Å². The molecule has 0 aliphatic carbocycles. The lowest BCUT2D eigenvalue weighted by atomic mass is 10.0. The molecule has 0 spiro atoms. The number of esters is 3. The number of ether oxygens (including phenoxy) is 3. The van der Waals surface area contributed by atoms with Crippen molar-refractivity contribution < 1.29 is 28.6 Å². The number of allylic oxidation sites excluding steroid dienone is 22. The van der Waals surface area contributed by atoms with Gasteiger partial charge < -0.3 is 14.2 Å². The molecule has 0 radical (unpaired) electrons. The lowest BCUT2D eigenvalue weighted by molar-refractivity contribution is -0.167. The molecule has 0 fully saturated rings. The van der Waals surface area contributed by atoms with Gasteiger partial charge in [-0.3, -0.25) is 14.4 Å². The van der Waals surface area contributed by atoms with Crippen molar-refractivity contribution in [3.8, 4) is 0 Å². The van der Waals surface area contributed by atoms with Crippen LogP contribution in [0.2, 0.25) is 0 Å². The van der Waals surface area contributed by atoms with Gasteiger partial charge in [0.2, 0.25) is 0 Å². The van der Waals surface area contributed by atoms with Crippen LogP contribution in [0.3, 0.4) is 0 Å². The fourth-order valence-corrected chi connectivity index (χ4v) is 9.49. The van der Waals surface area contributed by atoms with E-state index < -0.39 is 6.10 Å². The van der Waals surface area contributed by atoms with E-state index in [1.807, 2.05) is 0 Å². The molecule has 0 rings (SSSR count). The summed E-state index contributed by atoms with van der Waals surface area (Å²) in [4.78, 5) is 38.4. The Labute approximate surface area is 513 Å². The zero-order valence-electron chi connectivity index (χ0n) is 54.2. The molecule has 0 amide bonds. The maximum absolute atomic E-state index is 13.0. The number of hydrogen-bond donors (Lipinski definition) is 0. The van der Waals surface area contributed by atoms with E-state index >= 15 is 0 Å². The van der Waals surface area contributed by atoms with Gasteiger partial charge in [0.1, 0.15) is 13.2 Å². The van der Waals surface area contributed by atoms with Crippen molar-refractivity contribution >= 4 is 17.9 Å². The molecule has 6 nitrogen and oxygen atoms in total. The monoisotopic (exact) mass is 1150 g/mol. The van der Waals surface area contributed by atoms with Crippen LogP contribution in [-0.2, 0) is 28.6 Å². The first-order chi connectivity index (χ1) is 41.0. The minimum atomic E-state index is -0.808. The molecule has 0 aromatic heterocycles. The van der Waals surface area contributed by atoms with E-state index in [1.54, 1.807) is 0 Å². The Hall–Kier alpha value is -4.45. The summed E-state index contributed by atoms with van der Waals surface area (Å²) in [6.07, 6.45) is 99.0. The highest BCUT2D eigenvalue weighted by Crippen LogP contribution is 2.16. The third-order valence-electron chi connectivity index (χ3n) is 14.6. The molecule has 0 saturated carbocycles. The summed E-state index contributed by atoms with van der Waals surface area (Å²) in [6, 6.07) is 0. The maximum atomic E-state index is 13.0. The highest BCUT2D eigenvalue weighted by Gasteiger charge is 2.19. The van der Waals surface area contributed by atoms with Crippen LogP contribution in [0.25, 0.3) is 0 Å². The van der Waals surface area contributed by atoms with Crippen LogP contribution in [0, 0.1) is 0 Å². The standard InChI is InChI=1S/C77H128O6/c1-4-7-10-13-16-19-22-25-28-30-32-34-36-38-40-42-44-46-49-52-55-58-61-64-67-70-76(79)82-73-74(72-81-75(78)69-66-63-60-57-54-51-48-27-24-21-18-15-12-9-6-3)83-77(80)71-68-65-62-59-56-53-50-47-45-43-41-39-37-35-33-31-29-26-23-20-17-14-11-8-5-2/h7,9-10,12,16,18-19,21,25,27-28,31-34,38,40,44,46,48,54,57,74H,4-6,8,11,13-15,17,20,22-24,26,29-30,35-37,39,41-43,45,47,49-53,55-56,58-73H2,1-3H3/b10-7-,12-9-,19-16-,21-18-,28-25-,33-31-,34-32-,40-38-,46-44-,48-27-,57-54-. The number of rotatable bonds is 62. The Morgan fingerprint density at radius 1 is 0.253 bits per heavy atom.